The maximum Gasteiger partial charge on any atom is 0.131 e. The molecule has 2 rings (SSSR count). The molecule has 0 N–H and O–H groups in total. The van der Waals surface area contributed by atoms with E-state index in [0.29, 0.717) is 11.3 Å². The lowest BCUT2D eigenvalue weighted by Crippen LogP contribution is -2.13. The van der Waals surface area contributed by atoms with Gasteiger partial charge < -0.3 is 4.74 Å². The molecule has 0 saturated carbocycles. The first kappa shape index (κ1) is 15.1. The van der Waals surface area contributed by atoms with Gasteiger partial charge in [-0.15, -0.1) is 0 Å². The van der Waals surface area contributed by atoms with Crippen molar-refractivity contribution < 1.29 is 4.74 Å². The summed E-state index contributed by atoms with van der Waals surface area (Å²) in [6, 6.07) is 15.7. The fourth-order valence-electron chi connectivity index (χ4n) is 2.23. The van der Waals surface area contributed by atoms with Crippen molar-refractivity contribution in [3.63, 3.8) is 0 Å². The zero-order valence-corrected chi connectivity index (χ0v) is 13.1. The van der Waals surface area contributed by atoms with Crippen molar-refractivity contribution >= 4 is 0 Å². The molecular formula is C19H21NO. The van der Waals surface area contributed by atoms with Gasteiger partial charge >= 0.3 is 0 Å². The molecule has 0 fully saturated rings. The first-order chi connectivity index (χ1) is 9.94. The van der Waals surface area contributed by atoms with E-state index in [1.54, 1.807) is 12.1 Å². The minimum absolute atomic E-state index is 0.00729. The molecule has 2 aromatic rings. The van der Waals surface area contributed by atoms with Crippen LogP contribution >= 0.6 is 0 Å². The summed E-state index contributed by atoms with van der Waals surface area (Å²) < 4.78 is 6.03. The molecule has 0 aliphatic carbocycles. The van der Waals surface area contributed by atoms with Crippen molar-refractivity contribution in [1.29, 1.82) is 5.26 Å². The van der Waals surface area contributed by atoms with Crippen LogP contribution in [0.5, 0.6) is 11.5 Å². The van der Waals surface area contributed by atoms with Crippen molar-refractivity contribution in [2.24, 2.45) is 0 Å². The highest BCUT2D eigenvalue weighted by Crippen LogP contribution is 2.35. The van der Waals surface area contributed by atoms with Gasteiger partial charge in [0.05, 0.1) is 11.6 Å². The molecule has 0 bridgehead atoms. The Labute approximate surface area is 127 Å². The smallest absolute Gasteiger partial charge is 0.131 e. The summed E-state index contributed by atoms with van der Waals surface area (Å²) in [4.78, 5) is 0. The molecule has 108 valence electrons. The Morgan fingerprint density at radius 3 is 2.48 bits per heavy atom. The highest BCUT2D eigenvalue weighted by Gasteiger charge is 2.20. The third kappa shape index (κ3) is 3.64. The number of nitrogens with zero attached hydrogens (tertiary/aromatic N) is 1. The predicted molar refractivity (Wildman–Crippen MR) is 85.8 cm³/mol. The van der Waals surface area contributed by atoms with Gasteiger partial charge in [0.2, 0.25) is 0 Å². The zero-order chi connectivity index (χ0) is 15.5. The van der Waals surface area contributed by atoms with E-state index in [0.717, 1.165) is 12.2 Å². The highest BCUT2D eigenvalue weighted by molar-refractivity contribution is 5.45. The molecule has 2 heteroatoms. The standard InChI is InChI=1S/C19H21NO/c1-5-14-9-10-18(17(12-14)19(2,3)4)21-16-8-6-7-15(11-16)13-20/h6-12H,5H2,1-4H3. The number of benzene rings is 2. The molecule has 0 aromatic heterocycles. The van der Waals surface area contributed by atoms with E-state index >= 15 is 0 Å². The molecule has 0 unspecified atom stereocenters. The first-order valence-corrected chi connectivity index (χ1v) is 7.25. The van der Waals surface area contributed by atoms with Crippen LogP contribution in [0, 0.1) is 11.3 Å². The molecule has 0 atom stereocenters. The molecule has 0 amide bonds. The molecule has 2 nitrogen and oxygen atoms in total. The van der Waals surface area contributed by atoms with Crippen LogP contribution in [0.2, 0.25) is 0 Å². The van der Waals surface area contributed by atoms with Gasteiger partial charge in [-0.3, -0.25) is 0 Å². The second-order valence-electron chi connectivity index (χ2n) is 6.18. The van der Waals surface area contributed by atoms with Crippen LogP contribution in [0.25, 0.3) is 0 Å². The third-order valence-corrected chi connectivity index (χ3v) is 3.45. The van der Waals surface area contributed by atoms with Crippen molar-refractivity contribution in [1.82, 2.24) is 0 Å². The van der Waals surface area contributed by atoms with E-state index < -0.39 is 0 Å². The Morgan fingerprint density at radius 2 is 1.86 bits per heavy atom. The van der Waals surface area contributed by atoms with E-state index in [1.165, 1.54) is 11.1 Å². The molecular weight excluding hydrogens is 258 g/mol. The Bertz CT molecular complexity index is 675. The minimum atomic E-state index is 0.00729. The van der Waals surface area contributed by atoms with Crippen molar-refractivity contribution in [3.05, 3.63) is 59.2 Å². The Hall–Kier alpha value is -2.27. The van der Waals surface area contributed by atoms with Gasteiger partial charge in [0.25, 0.3) is 0 Å². The maximum absolute atomic E-state index is 8.97. The van der Waals surface area contributed by atoms with Gasteiger partial charge in [-0.05, 0) is 41.7 Å². The lowest BCUT2D eigenvalue weighted by molar-refractivity contribution is 0.455. The number of rotatable bonds is 3. The largest absolute Gasteiger partial charge is 0.457 e. The Morgan fingerprint density at radius 1 is 1.10 bits per heavy atom. The van der Waals surface area contributed by atoms with E-state index in [4.69, 9.17) is 10.00 Å². The normalized spacial score (nSPS) is 11.0. The first-order valence-electron chi connectivity index (χ1n) is 7.25. The summed E-state index contributed by atoms with van der Waals surface area (Å²) in [6.45, 7) is 8.69. The van der Waals surface area contributed by atoms with E-state index in [-0.39, 0.29) is 5.41 Å². The van der Waals surface area contributed by atoms with Crippen LogP contribution in [0.4, 0.5) is 0 Å². The lowest BCUT2D eigenvalue weighted by Gasteiger charge is -2.23. The van der Waals surface area contributed by atoms with Crippen LogP contribution in [0.15, 0.2) is 42.5 Å². The lowest BCUT2D eigenvalue weighted by atomic mass is 9.85. The van der Waals surface area contributed by atoms with Gasteiger partial charge in [-0.1, -0.05) is 45.9 Å². The van der Waals surface area contributed by atoms with Crippen molar-refractivity contribution in [2.75, 3.05) is 0 Å². The molecule has 21 heavy (non-hydrogen) atoms. The number of nitriles is 1. The van der Waals surface area contributed by atoms with Gasteiger partial charge in [0.15, 0.2) is 0 Å². The summed E-state index contributed by atoms with van der Waals surface area (Å²) in [7, 11) is 0. The van der Waals surface area contributed by atoms with E-state index in [1.807, 2.05) is 18.2 Å². The fourth-order valence-corrected chi connectivity index (χ4v) is 2.23. The average Bonchev–Trinajstić information content (AvgIpc) is 2.46. The number of hydrogen-bond donors (Lipinski definition) is 0. The molecule has 0 saturated heterocycles. The Balaban J connectivity index is 2.41. The molecule has 2 aromatic carbocycles. The highest BCUT2D eigenvalue weighted by atomic mass is 16.5. The summed E-state index contributed by atoms with van der Waals surface area (Å²) in [5, 5.41) is 8.97. The van der Waals surface area contributed by atoms with Gasteiger partial charge in [0.1, 0.15) is 11.5 Å². The summed E-state index contributed by atoms with van der Waals surface area (Å²) in [5.74, 6) is 1.55. The zero-order valence-electron chi connectivity index (χ0n) is 13.1. The van der Waals surface area contributed by atoms with Crippen molar-refractivity contribution in [2.45, 2.75) is 39.5 Å². The quantitative estimate of drug-likeness (QED) is 0.772. The summed E-state index contributed by atoms with van der Waals surface area (Å²) in [6.07, 6.45) is 1.01. The molecule has 0 spiro atoms. The fraction of sp³-hybridized carbons (Fsp3) is 0.316. The third-order valence-electron chi connectivity index (χ3n) is 3.45. The van der Waals surface area contributed by atoms with Crippen LogP contribution < -0.4 is 4.74 Å². The number of hydrogen-bond acceptors (Lipinski definition) is 2. The maximum atomic E-state index is 8.97. The average molecular weight is 279 g/mol. The van der Waals surface area contributed by atoms with Crippen LogP contribution in [-0.2, 0) is 11.8 Å². The van der Waals surface area contributed by atoms with Gasteiger partial charge in [0, 0.05) is 5.56 Å². The molecule has 0 aliphatic rings. The van der Waals surface area contributed by atoms with Gasteiger partial charge in [-0.25, -0.2) is 0 Å². The molecule has 0 radical (unpaired) electrons. The van der Waals surface area contributed by atoms with E-state index in [9.17, 15) is 0 Å². The molecule has 0 aliphatic heterocycles. The monoisotopic (exact) mass is 279 g/mol. The predicted octanol–water partition coefficient (Wildman–Crippen LogP) is 5.21. The second-order valence-corrected chi connectivity index (χ2v) is 6.18. The van der Waals surface area contributed by atoms with Gasteiger partial charge in [-0.2, -0.15) is 5.26 Å². The SMILES string of the molecule is CCc1ccc(Oc2cccc(C#N)c2)c(C(C)(C)C)c1. The topological polar surface area (TPSA) is 33.0 Å². The number of aryl methyl sites for hydroxylation is 1. The number of ether oxygens (including phenoxy) is 1. The van der Waals surface area contributed by atoms with Crippen LogP contribution in [0.3, 0.4) is 0 Å². The second kappa shape index (κ2) is 6.01. The summed E-state index contributed by atoms with van der Waals surface area (Å²) >= 11 is 0. The van der Waals surface area contributed by atoms with Crippen LogP contribution in [0.1, 0.15) is 44.4 Å². The minimum Gasteiger partial charge on any atom is -0.457 e. The van der Waals surface area contributed by atoms with E-state index in [2.05, 4.69) is 45.9 Å². The Kier molecular flexibility index (Phi) is 4.33. The molecule has 0 heterocycles. The summed E-state index contributed by atoms with van der Waals surface area (Å²) in [5.41, 5.74) is 3.10. The van der Waals surface area contributed by atoms with Crippen molar-refractivity contribution in [3.8, 4) is 17.6 Å². The van der Waals surface area contributed by atoms with Crippen LogP contribution in [-0.4, -0.2) is 0 Å².